The number of carbonyl (C=O) groups is 2. The lowest BCUT2D eigenvalue weighted by Crippen LogP contribution is -2.40. The molecular formula is C34H37N5O4. The van der Waals surface area contributed by atoms with E-state index in [0.29, 0.717) is 60.2 Å². The Bertz CT molecular complexity index is 1700. The van der Waals surface area contributed by atoms with Gasteiger partial charge in [0.2, 0.25) is 0 Å². The van der Waals surface area contributed by atoms with Crippen LogP contribution in [-0.2, 0) is 17.2 Å². The second-order valence-electron chi connectivity index (χ2n) is 11.7. The zero-order valence-corrected chi connectivity index (χ0v) is 25.2. The van der Waals surface area contributed by atoms with E-state index in [0.717, 1.165) is 11.1 Å². The molecule has 9 heteroatoms. The monoisotopic (exact) mass is 579 g/mol. The van der Waals surface area contributed by atoms with E-state index < -0.39 is 0 Å². The van der Waals surface area contributed by atoms with Gasteiger partial charge in [0.05, 0.1) is 18.9 Å². The Balaban J connectivity index is 1.35. The van der Waals surface area contributed by atoms with Gasteiger partial charge in [-0.05, 0) is 66.4 Å². The lowest BCUT2D eigenvalue weighted by Gasteiger charge is -2.26. The third-order valence-electron chi connectivity index (χ3n) is 7.68. The molecule has 1 aromatic heterocycles. The Labute approximate surface area is 251 Å². The van der Waals surface area contributed by atoms with Crippen LogP contribution in [0.25, 0.3) is 11.3 Å². The number of hydrogen-bond acceptors (Lipinski definition) is 6. The summed E-state index contributed by atoms with van der Waals surface area (Å²) in [6.07, 6.45) is 0. The van der Waals surface area contributed by atoms with Crippen LogP contribution in [0.5, 0.6) is 0 Å². The molecule has 0 radical (unpaired) electrons. The molecule has 9 nitrogen and oxygen atoms in total. The number of rotatable bonds is 6. The van der Waals surface area contributed by atoms with Gasteiger partial charge in [-0.15, -0.1) is 0 Å². The summed E-state index contributed by atoms with van der Waals surface area (Å²) in [5.41, 5.74) is 5.32. The molecule has 1 saturated heterocycles. The largest absolute Gasteiger partial charge is 0.378 e. The molecule has 0 spiro atoms. The van der Waals surface area contributed by atoms with Gasteiger partial charge < -0.3 is 24.8 Å². The fourth-order valence-electron chi connectivity index (χ4n) is 4.92. The number of morpholine rings is 1. The van der Waals surface area contributed by atoms with E-state index in [9.17, 15) is 14.4 Å². The Hall–Kier alpha value is -4.76. The number of benzene rings is 3. The number of nitrogens with one attached hydrogen (secondary N) is 2. The molecule has 1 aliphatic rings. The molecule has 0 saturated carbocycles. The van der Waals surface area contributed by atoms with Crippen molar-refractivity contribution < 1.29 is 14.3 Å². The third-order valence-corrected chi connectivity index (χ3v) is 7.68. The minimum atomic E-state index is -0.280. The van der Waals surface area contributed by atoms with Gasteiger partial charge in [0.25, 0.3) is 17.4 Å². The fraction of sp³-hybridized carbons (Fsp3) is 0.294. The molecule has 43 heavy (non-hydrogen) atoms. The molecule has 2 N–H and O–H groups in total. The van der Waals surface area contributed by atoms with Crippen molar-refractivity contribution in [2.24, 2.45) is 7.05 Å². The topological polar surface area (TPSA) is 106 Å². The number of carbonyl (C=O) groups excluding carboxylic acids is 2. The van der Waals surface area contributed by atoms with Crippen molar-refractivity contribution in [1.29, 1.82) is 0 Å². The molecular weight excluding hydrogens is 542 g/mol. The van der Waals surface area contributed by atoms with Crippen LogP contribution in [0.4, 0.5) is 17.2 Å². The van der Waals surface area contributed by atoms with Gasteiger partial charge in [0.1, 0.15) is 0 Å². The Kier molecular flexibility index (Phi) is 8.45. The van der Waals surface area contributed by atoms with Gasteiger partial charge in [-0.2, -0.15) is 0 Å². The standard InChI is InChI=1S/C34H37N5O4/c1-22-29(25-7-6-8-28(21-25)36-31(40)23-9-13-26(14-10-23)34(2,3)4)37-30(33(42)38(22)5)35-27-15-11-24(12-16-27)32(41)39-17-19-43-20-18-39/h6-16,21H,17-20H2,1-5H3,(H,35,37)(H,36,40). The molecule has 1 fully saturated rings. The minimum Gasteiger partial charge on any atom is -0.378 e. The average Bonchev–Trinajstić information content (AvgIpc) is 3.01. The van der Waals surface area contributed by atoms with E-state index in [1.807, 2.05) is 55.5 Å². The number of aromatic nitrogens is 2. The molecule has 0 bridgehead atoms. The smallest absolute Gasteiger partial charge is 0.293 e. The van der Waals surface area contributed by atoms with Crippen LogP contribution >= 0.6 is 0 Å². The molecule has 0 atom stereocenters. The lowest BCUT2D eigenvalue weighted by atomic mass is 9.87. The predicted molar refractivity (Wildman–Crippen MR) is 169 cm³/mol. The molecule has 5 rings (SSSR count). The zero-order valence-electron chi connectivity index (χ0n) is 25.2. The minimum absolute atomic E-state index is 0.00320. The summed E-state index contributed by atoms with van der Waals surface area (Å²) in [5.74, 6) is -0.0974. The molecule has 0 unspecified atom stereocenters. The van der Waals surface area contributed by atoms with Crippen molar-refractivity contribution in [3.05, 3.63) is 106 Å². The van der Waals surface area contributed by atoms with E-state index >= 15 is 0 Å². The van der Waals surface area contributed by atoms with Crippen LogP contribution < -0.4 is 16.2 Å². The first kappa shape index (κ1) is 29.7. The van der Waals surface area contributed by atoms with Crippen molar-refractivity contribution in [2.45, 2.75) is 33.1 Å². The van der Waals surface area contributed by atoms with E-state index in [-0.39, 0.29) is 28.6 Å². The summed E-state index contributed by atoms with van der Waals surface area (Å²) >= 11 is 0. The maximum atomic E-state index is 13.1. The highest BCUT2D eigenvalue weighted by atomic mass is 16.5. The van der Waals surface area contributed by atoms with Gasteiger partial charge in [-0.25, -0.2) is 4.98 Å². The van der Waals surface area contributed by atoms with Crippen molar-refractivity contribution >= 4 is 29.0 Å². The zero-order chi connectivity index (χ0) is 30.7. The number of nitrogens with zero attached hydrogens (tertiary/aromatic N) is 3. The summed E-state index contributed by atoms with van der Waals surface area (Å²) in [7, 11) is 1.70. The van der Waals surface area contributed by atoms with E-state index in [2.05, 4.69) is 31.4 Å². The molecule has 1 aliphatic heterocycles. The molecule has 4 aromatic rings. The maximum absolute atomic E-state index is 13.1. The van der Waals surface area contributed by atoms with Crippen molar-refractivity contribution in [2.75, 3.05) is 36.9 Å². The summed E-state index contributed by atoms with van der Waals surface area (Å²) in [5, 5.41) is 6.10. The van der Waals surface area contributed by atoms with E-state index in [1.54, 1.807) is 40.8 Å². The Morgan fingerprint density at radius 3 is 2.19 bits per heavy atom. The average molecular weight is 580 g/mol. The normalized spacial score (nSPS) is 13.5. The fourth-order valence-corrected chi connectivity index (χ4v) is 4.92. The second-order valence-corrected chi connectivity index (χ2v) is 11.7. The maximum Gasteiger partial charge on any atom is 0.293 e. The highest BCUT2D eigenvalue weighted by molar-refractivity contribution is 6.04. The first-order valence-electron chi connectivity index (χ1n) is 14.4. The van der Waals surface area contributed by atoms with Crippen molar-refractivity contribution in [3.8, 4) is 11.3 Å². The highest BCUT2D eigenvalue weighted by Crippen LogP contribution is 2.26. The first-order chi connectivity index (χ1) is 20.5. The van der Waals surface area contributed by atoms with Crippen LogP contribution in [0.15, 0.2) is 77.6 Å². The Morgan fingerprint density at radius 1 is 0.884 bits per heavy atom. The lowest BCUT2D eigenvalue weighted by molar-refractivity contribution is 0.0303. The summed E-state index contributed by atoms with van der Waals surface area (Å²) in [4.78, 5) is 45.4. The molecule has 2 heterocycles. The summed E-state index contributed by atoms with van der Waals surface area (Å²) in [6.45, 7) is 10.5. The van der Waals surface area contributed by atoms with Gasteiger partial charge in [-0.1, -0.05) is 45.0 Å². The van der Waals surface area contributed by atoms with Gasteiger partial charge in [0.15, 0.2) is 5.82 Å². The number of anilines is 3. The molecule has 2 amide bonds. The highest BCUT2D eigenvalue weighted by Gasteiger charge is 2.19. The first-order valence-corrected chi connectivity index (χ1v) is 14.4. The molecule has 3 aromatic carbocycles. The van der Waals surface area contributed by atoms with Gasteiger partial charge in [-0.3, -0.25) is 14.4 Å². The van der Waals surface area contributed by atoms with Crippen LogP contribution in [0.3, 0.4) is 0 Å². The van der Waals surface area contributed by atoms with E-state index in [4.69, 9.17) is 9.72 Å². The van der Waals surface area contributed by atoms with Crippen molar-refractivity contribution in [1.82, 2.24) is 14.5 Å². The molecule has 0 aliphatic carbocycles. The number of ether oxygens (including phenoxy) is 1. The van der Waals surface area contributed by atoms with Gasteiger partial charge in [0, 0.05) is 53.9 Å². The van der Waals surface area contributed by atoms with Crippen LogP contribution in [-0.4, -0.2) is 52.6 Å². The predicted octanol–water partition coefficient (Wildman–Crippen LogP) is 5.52. The van der Waals surface area contributed by atoms with Crippen molar-refractivity contribution in [3.63, 3.8) is 0 Å². The summed E-state index contributed by atoms with van der Waals surface area (Å²) in [6, 6.07) is 22.0. The van der Waals surface area contributed by atoms with Crippen LogP contribution in [0, 0.1) is 6.92 Å². The quantitative estimate of drug-likeness (QED) is 0.312. The second kappa shape index (κ2) is 12.2. The van der Waals surface area contributed by atoms with Crippen LogP contribution in [0.2, 0.25) is 0 Å². The van der Waals surface area contributed by atoms with Gasteiger partial charge >= 0.3 is 0 Å². The van der Waals surface area contributed by atoms with E-state index in [1.165, 1.54) is 0 Å². The molecule has 222 valence electrons. The number of hydrogen-bond donors (Lipinski definition) is 2. The Morgan fingerprint density at radius 2 is 1.53 bits per heavy atom. The third kappa shape index (κ3) is 6.67. The van der Waals surface area contributed by atoms with Crippen LogP contribution in [0.1, 0.15) is 52.7 Å². The SMILES string of the molecule is Cc1c(-c2cccc(NC(=O)c3ccc(C(C)(C)C)cc3)c2)nc(Nc2ccc(C(=O)N3CCOCC3)cc2)c(=O)n1C. The number of amides is 2. The summed E-state index contributed by atoms with van der Waals surface area (Å²) < 4.78 is 6.88.